The second kappa shape index (κ2) is 17.1. The minimum atomic E-state index is -5.08. The van der Waals surface area contributed by atoms with Crippen LogP contribution in [0.1, 0.15) is 29.6 Å². The highest BCUT2D eigenvalue weighted by Crippen LogP contribution is 2.24. The van der Waals surface area contributed by atoms with E-state index in [1.165, 1.54) is 11.8 Å². The Hall–Kier alpha value is -4.11. The third-order valence-corrected chi connectivity index (χ3v) is 6.76. The quantitative estimate of drug-likeness (QED) is 0.162. The molecule has 0 aromatic heterocycles. The standard InChI is InChI=1S/C28H34F3N5O6S/c1-43-14-13-21(27(42)34-16-23(38)35-20(11-12-22(32)37)25(40)28(29,30)31)36-24(39)15-33-26(41)19-9-7-18(8-10-19)17-5-3-2-4-6-17/h2-10,20-21,25,40H,11-16H2,1H3,(H2,32,37)(H,33,41)(H,34,42)(H,35,38)(H,36,39)/t20?,21-,25?/m0/s1. The minimum Gasteiger partial charge on any atom is -0.382 e. The molecule has 5 amide bonds. The number of aliphatic hydroxyl groups is 1. The number of primary amides is 1. The smallest absolute Gasteiger partial charge is 0.382 e. The van der Waals surface area contributed by atoms with Crippen molar-refractivity contribution in [3.63, 3.8) is 0 Å². The Morgan fingerprint density at radius 1 is 0.860 bits per heavy atom. The van der Waals surface area contributed by atoms with Crippen molar-refractivity contribution >= 4 is 41.3 Å². The van der Waals surface area contributed by atoms with E-state index in [9.17, 15) is 42.3 Å². The summed E-state index contributed by atoms with van der Waals surface area (Å²) >= 11 is 1.38. The Morgan fingerprint density at radius 3 is 2.02 bits per heavy atom. The molecular weight excluding hydrogens is 591 g/mol. The van der Waals surface area contributed by atoms with Crippen LogP contribution in [0.3, 0.4) is 0 Å². The first-order valence-corrected chi connectivity index (χ1v) is 14.5. The van der Waals surface area contributed by atoms with Crippen LogP contribution in [0.25, 0.3) is 11.1 Å². The predicted octanol–water partition coefficient (Wildman–Crippen LogP) is 1.11. The molecule has 0 radical (unpaired) electrons. The second-order valence-electron chi connectivity index (χ2n) is 9.41. The summed E-state index contributed by atoms with van der Waals surface area (Å²) in [7, 11) is 0. The van der Waals surface area contributed by atoms with Gasteiger partial charge in [0.2, 0.25) is 23.6 Å². The fourth-order valence-corrected chi connectivity index (χ4v) is 4.31. The van der Waals surface area contributed by atoms with Crippen molar-refractivity contribution < 1.29 is 42.3 Å². The molecule has 15 heteroatoms. The lowest BCUT2D eigenvalue weighted by Crippen LogP contribution is -2.54. The highest BCUT2D eigenvalue weighted by Gasteiger charge is 2.44. The molecule has 0 heterocycles. The third kappa shape index (κ3) is 12.3. The zero-order valence-electron chi connectivity index (χ0n) is 23.3. The molecule has 0 aliphatic rings. The van der Waals surface area contributed by atoms with Gasteiger partial charge in [-0.3, -0.25) is 24.0 Å². The molecule has 0 saturated heterocycles. The van der Waals surface area contributed by atoms with Gasteiger partial charge < -0.3 is 32.1 Å². The number of hydrogen-bond acceptors (Lipinski definition) is 7. The van der Waals surface area contributed by atoms with Crippen molar-refractivity contribution in [1.29, 1.82) is 0 Å². The van der Waals surface area contributed by atoms with Crippen LogP contribution in [0.2, 0.25) is 0 Å². The van der Waals surface area contributed by atoms with Gasteiger partial charge in [-0.15, -0.1) is 0 Å². The van der Waals surface area contributed by atoms with E-state index in [4.69, 9.17) is 5.73 Å². The van der Waals surface area contributed by atoms with Gasteiger partial charge >= 0.3 is 6.18 Å². The van der Waals surface area contributed by atoms with E-state index >= 15 is 0 Å². The fourth-order valence-electron chi connectivity index (χ4n) is 3.84. The van der Waals surface area contributed by atoms with Crippen molar-refractivity contribution in [2.75, 3.05) is 25.1 Å². The number of nitrogens with two attached hydrogens (primary N) is 1. The molecule has 2 rings (SSSR count). The number of aliphatic hydroxyl groups excluding tert-OH is 1. The highest BCUT2D eigenvalue weighted by atomic mass is 32.2. The van der Waals surface area contributed by atoms with Crippen molar-refractivity contribution in [2.45, 2.75) is 43.6 Å². The Kier molecular flexibility index (Phi) is 14.0. The van der Waals surface area contributed by atoms with Crippen LogP contribution in [0.4, 0.5) is 13.2 Å². The topological polar surface area (TPSA) is 180 Å². The zero-order chi connectivity index (χ0) is 32.0. The summed E-state index contributed by atoms with van der Waals surface area (Å²) in [4.78, 5) is 60.9. The zero-order valence-corrected chi connectivity index (χ0v) is 24.1. The number of benzene rings is 2. The van der Waals surface area contributed by atoms with Gasteiger partial charge in [-0.25, -0.2) is 0 Å². The van der Waals surface area contributed by atoms with Crippen molar-refractivity contribution in [1.82, 2.24) is 21.3 Å². The molecule has 2 aromatic rings. The summed E-state index contributed by atoms with van der Waals surface area (Å²) in [5.74, 6) is -3.52. The monoisotopic (exact) mass is 625 g/mol. The normalized spacial score (nSPS) is 13.2. The second-order valence-corrected chi connectivity index (χ2v) is 10.4. The van der Waals surface area contributed by atoms with Gasteiger partial charge in [0.25, 0.3) is 5.91 Å². The number of carbonyl (C=O) groups is 5. The molecule has 0 spiro atoms. The maximum atomic E-state index is 13.0. The molecule has 0 saturated carbocycles. The summed E-state index contributed by atoms with van der Waals surface area (Å²) in [5.41, 5.74) is 7.15. The summed E-state index contributed by atoms with van der Waals surface area (Å²) < 4.78 is 38.9. The Bertz CT molecular complexity index is 1250. The number of hydrogen-bond donors (Lipinski definition) is 6. The van der Waals surface area contributed by atoms with Crippen molar-refractivity contribution in [3.8, 4) is 11.1 Å². The average Bonchev–Trinajstić information content (AvgIpc) is 2.98. The summed E-state index contributed by atoms with van der Waals surface area (Å²) in [5, 5.41) is 18.7. The Morgan fingerprint density at radius 2 is 1.44 bits per heavy atom. The van der Waals surface area contributed by atoms with Gasteiger partial charge in [0.1, 0.15) is 6.04 Å². The number of halogens is 3. The van der Waals surface area contributed by atoms with E-state index in [0.717, 1.165) is 11.1 Å². The molecule has 2 aromatic carbocycles. The van der Waals surface area contributed by atoms with Gasteiger partial charge in [0.05, 0.1) is 19.1 Å². The SMILES string of the molecule is CSCC[C@H](NC(=O)CNC(=O)c1ccc(-c2ccccc2)cc1)C(=O)NCC(=O)NC(CCC(N)=O)C(O)C(F)(F)F. The molecule has 0 fully saturated rings. The van der Waals surface area contributed by atoms with Crippen LogP contribution < -0.4 is 27.0 Å². The number of thioether (sulfide) groups is 1. The molecule has 0 aliphatic heterocycles. The number of rotatable bonds is 16. The molecule has 0 bridgehead atoms. The van der Waals surface area contributed by atoms with Crippen molar-refractivity contribution in [3.05, 3.63) is 60.2 Å². The lowest BCUT2D eigenvalue weighted by atomic mass is 10.0. The molecule has 11 nitrogen and oxygen atoms in total. The maximum absolute atomic E-state index is 13.0. The van der Waals surface area contributed by atoms with Crippen LogP contribution in [-0.2, 0) is 19.2 Å². The molecule has 43 heavy (non-hydrogen) atoms. The lowest BCUT2D eigenvalue weighted by molar-refractivity contribution is -0.212. The number of carbonyl (C=O) groups excluding carboxylic acids is 5. The first-order valence-electron chi connectivity index (χ1n) is 13.1. The maximum Gasteiger partial charge on any atom is 0.416 e. The van der Waals surface area contributed by atoms with E-state index in [0.29, 0.717) is 11.3 Å². The van der Waals surface area contributed by atoms with E-state index in [-0.39, 0.29) is 6.42 Å². The van der Waals surface area contributed by atoms with E-state index < -0.39 is 79.8 Å². The summed E-state index contributed by atoms with van der Waals surface area (Å²) in [6.07, 6.45) is -7.22. The third-order valence-electron chi connectivity index (χ3n) is 6.11. The lowest BCUT2D eigenvalue weighted by Gasteiger charge is -2.26. The van der Waals surface area contributed by atoms with Crippen LogP contribution >= 0.6 is 11.8 Å². The highest BCUT2D eigenvalue weighted by molar-refractivity contribution is 7.98. The molecule has 0 aliphatic carbocycles. The van der Waals surface area contributed by atoms with Gasteiger partial charge in [-0.1, -0.05) is 42.5 Å². The number of alkyl halides is 3. The first kappa shape index (κ1) is 35.1. The predicted molar refractivity (Wildman–Crippen MR) is 155 cm³/mol. The van der Waals surface area contributed by atoms with Gasteiger partial charge in [0.15, 0.2) is 6.10 Å². The van der Waals surface area contributed by atoms with Crippen molar-refractivity contribution in [2.24, 2.45) is 5.73 Å². The summed E-state index contributed by atoms with van der Waals surface area (Å²) in [6, 6.07) is 13.3. The Labute approximate surface area is 250 Å². The first-order chi connectivity index (χ1) is 20.3. The van der Waals surface area contributed by atoms with Gasteiger partial charge in [0, 0.05) is 12.0 Å². The number of amides is 5. The molecule has 234 valence electrons. The van der Waals surface area contributed by atoms with E-state index in [1.807, 2.05) is 35.6 Å². The largest absolute Gasteiger partial charge is 0.416 e. The van der Waals surface area contributed by atoms with Gasteiger partial charge in [-0.05, 0) is 48.1 Å². The summed E-state index contributed by atoms with van der Waals surface area (Å²) in [6.45, 7) is -1.21. The Balaban J connectivity index is 1.90. The van der Waals surface area contributed by atoms with Gasteiger partial charge in [-0.2, -0.15) is 24.9 Å². The minimum absolute atomic E-state index is 0.156. The molecule has 3 atom stereocenters. The molecule has 7 N–H and O–H groups in total. The molecule has 2 unspecified atom stereocenters. The van der Waals surface area contributed by atoms with Crippen LogP contribution in [0.5, 0.6) is 0 Å². The van der Waals surface area contributed by atoms with E-state index in [1.54, 1.807) is 30.5 Å². The fraction of sp³-hybridized carbons (Fsp3) is 0.393. The average molecular weight is 626 g/mol. The van der Waals surface area contributed by atoms with Crippen LogP contribution in [0, 0.1) is 0 Å². The van der Waals surface area contributed by atoms with E-state index in [2.05, 4.69) is 16.0 Å². The molecular formula is C28H34F3N5O6S. The number of nitrogens with one attached hydrogen (secondary N) is 4. The van der Waals surface area contributed by atoms with Crippen LogP contribution in [-0.4, -0.2) is 84.1 Å². The van der Waals surface area contributed by atoms with Crippen LogP contribution in [0.15, 0.2) is 54.6 Å².